The van der Waals surface area contributed by atoms with Crippen molar-refractivity contribution in [2.45, 2.75) is 31.7 Å². The van der Waals surface area contributed by atoms with Gasteiger partial charge < -0.3 is 10.6 Å². The molecular weight excluding hydrogens is 360 g/mol. The van der Waals surface area contributed by atoms with Gasteiger partial charge in [-0.05, 0) is 30.7 Å². The van der Waals surface area contributed by atoms with E-state index in [1.54, 1.807) is 17.5 Å². The Balaban J connectivity index is 1.53. The first-order valence-electron chi connectivity index (χ1n) is 7.98. The van der Waals surface area contributed by atoms with E-state index in [0.717, 1.165) is 12.8 Å². The molecule has 2 aromatic rings. The van der Waals surface area contributed by atoms with Crippen molar-refractivity contribution in [3.63, 3.8) is 0 Å². The molecule has 1 saturated heterocycles. The maximum Gasteiger partial charge on any atom is 0.267 e. The number of rotatable bonds is 5. The van der Waals surface area contributed by atoms with Gasteiger partial charge in [-0.1, -0.05) is 6.07 Å². The van der Waals surface area contributed by atoms with Crippen LogP contribution in [0.15, 0.2) is 22.9 Å². The summed E-state index contributed by atoms with van der Waals surface area (Å²) in [7, 11) is 0. The van der Waals surface area contributed by atoms with Crippen LogP contribution in [0, 0.1) is 0 Å². The van der Waals surface area contributed by atoms with Crippen LogP contribution in [0.2, 0.25) is 0 Å². The number of carbonyl (C=O) groups is 3. The average molecular weight is 378 g/mol. The second kappa shape index (κ2) is 8.21. The fourth-order valence-electron chi connectivity index (χ4n) is 2.50. The van der Waals surface area contributed by atoms with Crippen LogP contribution < -0.4 is 16.0 Å². The van der Waals surface area contributed by atoms with Gasteiger partial charge in [-0.3, -0.25) is 19.7 Å². The fourth-order valence-corrected chi connectivity index (χ4v) is 3.82. The molecule has 1 atom stereocenters. The highest BCUT2D eigenvalue weighted by Crippen LogP contribution is 2.18. The van der Waals surface area contributed by atoms with Gasteiger partial charge in [0.15, 0.2) is 5.13 Å². The van der Waals surface area contributed by atoms with Gasteiger partial charge >= 0.3 is 0 Å². The molecule has 1 aliphatic heterocycles. The lowest BCUT2D eigenvalue weighted by Crippen LogP contribution is -2.46. The van der Waals surface area contributed by atoms with Gasteiger partial charge in [0.25, 0.3) is 5.91 Å². The van der Waals surface area contributed by atoms with Gasteiger partial charge in [-0.2, -0.15) is 0 Å². The Bertz CT molecular complexity index is 757. The van der Waals surface area contributed by atoms with Crippen molar-refractivity contribution >= 4 is 45.5 Å². The molecule has 3 amide bonds. The molecule has 25 heavy (non-hydrogen) atoms. The SMILES string of the molecule is O=C(Cc1csc(NC(=O)c2cccs2)n1)NC1CCCCNC1=O. The van der Waals surface area contributed by atoms with E-state index in [4.69, 9.17) is 0 Å². The van der Waals surface area contributed by atoms with Crippen molar-refractivity contribution in [1.29, 1.82) is 0 Å². The number of nitrogens with zero attached hydrogens (tertiary/aromatic N) is 1. The Morgan fingerprint density at radius 1 is 1.32 bits per heavy atom. The van der Waals surface area contributed by atoms with Gasteiger partial charge in [-0.15, -0.1) is 22.7 Å². The predicted molar refractivity (Wildman–Crippen MR) is 96.9 cm³/mol. The Labute approximate surface area is 152 Å². The molecule has 0 aromatic carbocycles. The molecule has 0 saturated carbocycles. The zero-order valence-corrected chi connectivity index (χ0v) is 15.0. The van der Waals surface area contributed by atoms with Crippen LogP contribution in [0.1, 0.15) is 34.6 Å². The molecule has 9 heteroatoms. The van der Waals surface area contributed by atoms with Gasteiger partial charge in [0.2, 0.25) is 11.8 Å². The minimum atomic E-state index is -0.480. The normalized spacial score (nSPS) is 17.4. The smallest absolute Gasteiger partial charge is 0.267 e. The maximum absolute atomic E-state index is 12.1. The van der Waals surface area contributed by atoms with Gasteiger partial charge in [0.05, 0.1) is 17.0 Å². The van der Waals surface area contributed by atoms with E-state index >= 15 is 0 Å². The highest BCUT2D eigenvalue weighted by atomic mass is 32.1. The third-order valence-electron chi connectivity index (χ3n) is 3.73. The topological polar surface area (TPSA) is 100 Å². The standard InChI is InChI=1S/C16H18N4O3S2/c21-13(19-11-4-1-2-6-17-14(11)22)8-10-9-25-16(18-10)20-15(23)12-5-3-7-24-12/h3,5,7,9,11H,1-2,4,6,8H2,(H,17,22)(H,19,21)(H,18,20,23). The summed E-state index contributed by atoms with van der Waals surface area (Å²) in [6, 6.07) is 3.06. The molecule has 1 fully saturated rings. The molecule has 2 aromatic heterocycles. The minimum Gasteiger partial charge on any atom is -0.354 e. The van der Waals surface area contributed by atoms with Crippen molar-refractivity contribution in [3.8, 4) is 0 Å². The summed E-state index contributed by atoms with van der Waals surface area (Å²) in [5, 5.41) is 12.3. The van der Waals surface area contributed by atoms with Crippen LogP contribution in [0.3, 0.4) is 0 Å². The molecule has 0 spiro atoms. The van der Waals surface area contributed by atoms with E-state index in [1.165, 1.54) is 22.7 Å². The summed E-state index contributed by atoms with van der Waals surface area (Å²) < 4.78 is 0. The van der Waals surface area contributed by atoms with E-state index in [9.17, 15) is 14.4 Å². The monoisotopic (exact) mass is 378 g/mol. The molecule has 1 unspecified atom stereocenters. The Morgan fingerprint density at radius 2 is 2.20 bits per heavy atom. The van der Waals surface area contributed by atoms with E-state index in [0.29, 0.717) is 28.7 Å². The third-order valence-corrected chi connectivity index (χ3v) is 5.40. The average Bonchev–Trinajstić information content (AvgIpc) is 3.21. The second-order valence-corrected chi connectivity index (χ2v) is 7.46. The molecule has 0 aliphatic carbocycles. The van der Waals surface area contributed by atoms with Crippen molar-refractivity contribution in [1.82, 2.24) is 15.6 Å². The highest BCUT2D eigenvalue weighted by molar-refractivity contribution is 7.14. The lowest BCUT2D eigenvalue weighted by molar-refractivity contribution is -0.128. The van der Waals surface area contributed by atoms with Crippen molar-refractivity contribution in [2.75, 3.05) is 11.9 Å². The van der Waals surface area contributed by atoms with Crippen molar-refractivity contribution in [2.24, 2.45) is 0 Å². The zero-order chi connectivity index (χ0) is 17.6. The summed E-state index contributed by atoms with van der Waals surface area (Å²) >= 11 is 2.62. The number of carbonyl (C=O) groups excluding carboxylic acids is 3. The maximum atomic E-state index is 12.1. The number of thiazole rings is 1. The van der Waals surface area contributed by atoms with Crippen molar-refractivity contribution < 1.29 is 14.4 Å². The molecule has 1 aliphatic rings. The molecule has 0 radical (unpaired) electrons. The lowest BCUT2D eigenvalue weighted by Gasteiger charge is -2.14. The zero-order valence-electron chi connectivity index (χ0n) is 13.4. The second-order valence-electron chi connectivity index (χ2n) is 5.66. The number of hydrogen-bond acceptors (Lipinski definition) is 6. The molecular formula is C16H18N4O3S2. The first-order chi connectivity index (χ1) is 12.1. The van der Waals surface area contributed by atoms with Gasteiger partial charge in [0, 0.05) is 11.9 Å². The first kappa shape index (κ1) is 17.6. The minimum absolute atomic E-state index is 0.0785. The number of nitrogens with one attached hydrogen (secondary N) is 3. The van der Waals surface area contributed by atoms with Crippen LogP contribution in [0.4, 0.5) is 5.13 Å². The Morgan fingerprint density at radius 3 is 3.00 bits per heavy atom. The number of anilines is 1. The fraction of sp³-hybridized carbons (Fsp3) is 0.375. The predicted octanol–water partition coefficient (Wildman–Crippen LogP) is 1.78. The molecule has 132 valence electrons. The van der Waals surface area contributed by atoms with Crippen LogP contribution in [-0.2, 0) is 16.0 Å². The van der Waals surface area contributed by atoms with Crippen LogP contribution in [-0.4, -0.2) is 35.3 Å². The largest absolute Gasteiger partial charge is 0.354 e. The number of thiophene rings is 1. The highest BCUT2D eigenvalue weighted by Gasteiger charge is 2.22. The van der Waals surface area contributed by atoms with E-state index in [-0.39, 0.29) is 24.1 Å². The van der Waals surface area contributed by atoms with Crippen LogP contribution >= 0.6 is 22.7 Å². The van der Waals surface area contributed by atoms with Crippen LogP contribution in [0.5, 0.6) is 0 Å². The number of hydrogen-bond donors (Lipinski definition) is 3. The number of aromatic nitrogens is 1. The first-order valence-corrected chi connectivity index (χ1v) is 9.74. The summed E-state index contributed by atoms with van der Waals surface area (Å²) in [5.74, 6) is -0.591. The van der Waals surface area contributed by atoms with Gasteiger partial charge in [0.1, 0.15) is 6.04 Å². The molecule has 0 bridgehead atoms. The third kappa shape index (κ3) is 4.86. The Hall–Kier alpha value is -2.26. The summed E-state index contributed by atoms with van der Waals surface area (Å²) in [6.45, 7) is 0.657. The summed E-state index contributed by atoms with van der Waals surface area (Å²) in [5.41, 5.74) is 0.568. The Kier molecular flexibility index (Phi) is 5.77. The van der Waals surface area contributed by atoms with E-state index < -0.39 is 6.04 Å². The molecule has 3 heterocycles. The van der Waals surface area contributed by atoms with E-state index in [1.807, 2.05) is 5.38 Å². The number of amides is 3. The molecule has 3 rings (SSSR count). The summed E-state index contributed by atoms with van der Waals surface area (Å²) in [6.07, 6.45) is 2.56. The molecule has 3 N–H and O–H groups in total. The summed E-state index contributed by atoms with van der Waals surface area (Å²) in [4.78, 5) is 40.8. The van der Waals surface area contributed by atoms with E-state index in [2.05, 4.69) is 20.9 Å². The quantitative estimate of drug-likeness (QED) is 0.738. The van der Waals surface area contributed by atoms with Crippen LogP contribution in [0.25, 0.3) is 0 Å². The lowest BCUT2D eigenvalue weighted by atomic mass is 10.1. The molecule has 7 nitrogen and oxygen atoms in total. The van der Waals surface area contributed by atoms with Gasteiger partial charge in [-0.25, -0.2) is 4.98 Å². The van der Waals surface area contributed by atoms with Crippen molar-refractivity contribution in [3.05, 3.63) is 33.5 Å².